The third-order valence-corrected chi connectivity index (χ3v) is 2.84. The van der Waals surface area contributed by atoms with Gasteiger partial charge in [-0.15, -0.1) is 6.58 Å². The van der Waals surface area contributed by atoms with Gasteiger partial charge in [0.05, 0.1) is 6.04 Å². The molecule has 18 heavy (non-hydrogen) atoms. The Hall–Kier alpha value is -1.61. The van der Waals surface area contributed by atoms with Crippen LogP contribution in [0.5, 0.6) is 0 Å². The lowest BCUT2D eigenvalue weighted by atomic mass is 10.1. The zero-order chi connectivity index (χ0) is 13.5. The molecule has 0 aliphatic rings. The molecule has 0 fully saturated rings. The number of nitrogens with zero attached hydrogens (tertiary/aromatic N) is 1. The average Bonchev–Trinajstić information content (AvgIpc) is 2.36. The molecule has 0 saturated heterocycles. The predicted molar refractivity (Wildman–Crippen MR) is 74.9 cm³/mol. The molecule has 1 unspecified atom stereocenters. The first-order chi connectivity index (χ1) is 8.56. The molecule has 1 rings (SSSR count). The number of rotatable bonds is 6. The molecule has 0 spiro atoms. The fourth-order valence-corrected chi connectivity index (χ4v) is 1.79. The van der Waals surface area contributed by atoms with Crippen LogP contribution in [0.15, 0.2) is 43.0 Å². The number of amides is 1. The van der Waals surface area contributed by atoms with Gasteiger partial charge in [0.15, 0.2) is 0 Å². The van der Waals surface area contributed by atoms with Crippen molar-refractivity contribution in [2.45, 2.75) is 38.9 Å². The van der Waals surface area contributed by atoms with Gasteiger partial charge in [-0.05, 0) is 25.8 Å². The number of benzene rings is 1. The fourth-order valence-electron chi connectivity index (χ4n) is 1.79. The van der Waals surface area contributed by atoms with Gasteiger partial charge in [-0.3, -0.25) is 4.79 Å². The fraction of sp³-hybridized carbons (Fsp3) is 0.400. The molecule has 0 saturated carbocycles. The Balaban J connectivity index is 2.77. The maximum Gasteiger partial charge on any atom is 0.240 e. The Morgan fingerprint density at radius 1 is 1.39 bits per heavy atom. The number of carbonyl (C=O) groups excluding carboxylic acids is 1. The summed E-state index contributed by atoms with van der Waals surface area (Å²) >= 11 is 0. The Morgan fingerprint density at radius 3 is 2.50 bits per heavy atom. The van der Waals surface area contributed by atoms with Gasteiger partial charge in [-0.1, -0.05) is 36.4 Å². The third-order valence-electron chi connectivity index (χ3n) is 2.84. The van der Waals surface area contributed by atoms with Crippen LogP contribution in [-0.2, 0) is 11.3 Å². The average molecular weight is 246 g/mol. The molecule has 3 heteroatoms. The van der Waals surface area contributed by atoms with E-state index in [2.05, 4.69) is 6.58 Å². The molecule has 0 aliphatic carbocycles. The number of hydrogen-bond acceptors (Lipinski definition) is 2. The summed E-state index contributed by atoms with van der Waals surface area (Å²) in [6.45, 7) is 8.22. The highest BCUT2D eigenvalue weighted by atomic mass is 16.2. The maximum atomic E-state index is 12.2. The minimum atomic E-state index is -0.492. The molecule has 98 valence electrons. The van der Waals surface area contributed by atoms with Gasteiger partial charge in [-0.25, -0.2) is 0 Å². The van der Waals surface area contributed by atoms with Gasteiger partial charge in [-0.2, -0.15) is 0 Å². The second-order valence-electron chi connectivity index (χ2n) is 4.68. The summed E-state index contributed by atoms with van der Waals surface area (Å²) in [6, 6.07) is 9.59. The van der Waals surface area contributed by atoms with E-state index in [1.54, 1.807) is 6.08 Å². The van der Waals surface area contributed by atoms with Crippen molar-refractivity contribution >= 4 is 5.91 Å². The first-order valence-electron chi connectivity index (χ1n) is 6.27. The first-order valence-corrected chi connectivity index (χ1v) is 6.27. The summed E-state index contributed by atoms with van der Waals surface area (Å²) in [5.74, 6) is -0.0197. The molecule has 2 N–H and O–H groups in total. The van der Waals surface area contributed by atoms with Crippen molar-refractivity contribution in [1.29, 1.82) is 0 Å². The van der Waals surface area contributed by atoms with Gasteiger partial charge in [0, 0.05) is 12.6 Å². The van der Waals surface area contributed by atoms with Gasteiger partial charge < -0.3 is 10.6 Å². The van der Waals surface area contributed by atoms with Crippen LogP contribution >= 0.6 is 0 Å². The first kappa shape index (κ1) is 14.5. The van der Waals surface area contributed by atoms with Gasteiger partial charge in [0.1, 0.15) is 0 Å². The van der Waals surface area contributed by atoms with E-state index in [0.29, 0.717) is 13.0 Å². The normalized spacial score (nSPS) is 12.2. The zero-order valence-corrected chi connectivity index (χ0v) is 11.2. The molecule has 1 atom stereocenters. The molecule has 1 aromatic rings. The lowest BCUT2D eigenvalue weighted by Crippen LogP contribution is -2.46. The van der Waals surface area contributed by atoms with Crippen LogP contribution in [0, 0.1) is 0 Å². The molecule has 0 bridgehead atoms. The standard InChI is InChI=1S/C15H22N2O/c1-4-8-14(16)15(18)17(12(2)3)11-13-9-6-5-7-10-13/h4-7,9-10,12,14H,1,8,11,16H2,2-3H3. The Bertz CT molecular complexity index is 387. The monoisotopic (exact) mass is 246 g/mol. The lowest BCUT2D eigenvalue weighted by Gasteiger charge is -2.29. The Morgan fingerprint density at radius 2 is 2.00 bits per heavy atom. The second-order valence-corrected chi connectivity index (χ2v) is 4.68. The van der Waals surface area contributed by atoms with Crippen LogP contribution in [0.4, 0.5) is 0 Å². The smallest absolute Gasteiger partial charge is 0.240 e. The minimum absolute atomic E-state index is 0.0197. The van der Waals surface area contributed by atoms with E-state index >= 15 is 0 Å². The van der Waals surface area contributed by atoms with Crippen molar-refractivity contribution in [2.75, 3.05) is 0 Å². The van der Waals surface area contributed by atoms with E-state index in [9.17, 15) is 4.79 Å². The molecule has 0 aromatic heterocycles. The van der Waals surface area contributed by atoms with Crippen LogP contribution in [0.3, 0.4) is 0 Å². The molecular formula is C15H22N2O. The van der Waals surface area contributed by atoms with Gasteiger partial charge in [0.2, 0.25) is 5.91 Å². The molecule has 0 radical (unpaired) electrons. The van der Waals surface area contributed by atoms with Crippen LogP contribution in [-0.4, -0.2) is 22.9 Å². The second kappa shape index (κ2) is 6.97. The number of nitrogens with two attached hydrogens (primary N) is 1. The van der Waals surface area contributed by atoms with E-state index in [4.69, 9.17) is 5.73 Å². The van der Waals surface area contributed by atoms with Crippen LogP contribution in [0.2, 0.25) is 0 Å². The van der Waals surface area contributed by atoms with Crippen molar-refractivity contribution in [3.05, 3.63) is 48.6 Å². The van der Waals surface area contributed by atoms with E-state index in [0.717, 1.165) is 5.56 Å². The van der Waals surface area contributed by atoms with Crippen LogP contribution < -0.4 is 5.73 Å². The van der Waals surface area contributed by atoms with E-state index < -0.39 is 6.04 Å². The summed E-state index contributed by atoms with van der Waals surface area (Å²) in [5, 5.41) is 0. The molecule has 1 amide bonds. The molecular weight excluding hydrogens is 224 g/mol. The highest BCUT2D eigenvalue weighted by Gasteiger charge is 2.22. The molecule has 0 heterocycles. The molecule has 0 aliphatic heterocycles. The summed E-state index contributed by atoms with van der Waals surface area (Å²) in [5.41, 5.74) is 6.97. The van der Waals surface area contributed by atoms with Crippen LogP contribution in [0.25, 0.3) is 0 Å². The predicted octanol–water partition coefficient (Wildman–Crippen LogP) is 2.33. The topological polar surface area (TPSA) is 46.3 Å². The maximum absolute atomic E-state index is 12.2. The van der Waals surface area contributed by atoms with Crippen molar-refractivity contribution in [3.8, 4) is 0 Å². The van der Waals surface area contributed by atoms with Crippen molar-refractivity contribution < 1.29 is 4.79 Å². The zero-order valence-electron chi connectivity index (χ0n) is 11.2. The largest absolute Gasteiger partial charge is 0.335 e. The van der Waals surface area contributed by atoms with Gasteiger partial charge >= 0.3 is 0 Å². The third kappa shape index (κ3) is 4.00. The van der Waals surface area contributed by atoms with Crippen LogP contribution in [0.1, 0.15) is 25.8 Å². The quantitative estimate of drug-likeness (QED) is 0.783. The summed E-state index contributed by atoms with van der Waals surface area (Å²) in [7, 11) is 0. The SMILES string of the molecule is C=CCC(N)C(=O)N(Cc1ccccc1)C(C)C. The highest BCUT2D eigenvalue weighted by Crippen LogP contribution is 2.10. The summed E-state index contributed by atoms with van der Waals surface area (Å²) < 4.78 is 0. The highest BCUT2D eigenvalue weighted by molar-refractivity contribution is 5.82. The van der Waals surface area contributed by atoms with E-state index in [1.165, 1.54) is 0 Å². The number of carbonyl (C=O) groups is 1. The van der Waals surface area contributed by atoms with E-state index in [1.807, 2.05) is 49.1 Å². The summed E-state index contributed by atoms with van der Waals surface area (Å²) in [6.07, 6.45) is 2.19. The number of hydrogen-bond donors (Lipinski definition) is 1. The Labute approximate surface area is 109 Å². The van der Waals surface area contributed by atoms with Crippen molar-refractivity contribution in [3.63, 3.8) is 0 Å². The summed E-state index contributed by atoms with van der Waals surface area (Å²) in [4.78, 5) is 14.0. The minimum Gasteiger partial charge on any atom is -0.335 e. The lowest BCUT2D eigenvalue weighted by molar-refractivity contribution is -0.134. The van der Waals surface area contributed by atoms with E-state index in [-0.39, 0.29) is 11.9 Å². The van der Waals surface area contributed by atoms with Crippen molar-refractivity contribution in [1.82, 2.24) is 4.90 Å². The molecule has 1 aromatic carbocycles. The van der Waals surface area contributed by atoms with Gasteiger partial charge in [0.25, 0.3) is 0 Å². The van der Waals surface area contributed by atoms with Crippen molar-refractivity contribution in [2.24, 2.45) is 5.73 Å². The Kier molecular flexibility index (Phi) is 5.59. The molecule has 3 nitrogen and oxygen atoms in total.